The Labute approximate surface area is 154 Å². The first-order valence-electron chi connectivity index (χ1n) is 8.63. The molecule has 0 bridgehead atoms. The van der Waals surface area contributed by atoms with Crippen molar-refractivity contribution in [1.29, 1.82) is 0 Å². The summed E-state index contributed by atoms with van der Waals surface area (Å²) in [5.74, 6) is -1.15. The lowest BCUT2D eigenvalue weighted by Crippen LogP contribution is -2.43. The van der Waals surface area contributed by atoms with E-state index in [0.29, 0.717) is 12.2 Å². The number of hydrogen-bond donors (Lipinski definition) is 1. The molecule has 0 aliphatic carbocycles. The molecule has 2 aromatic rings. The SMILES string of the molecule is CC1(Cc2ccccc2C(F)(F)F)CCCN1Cc1cnc(C(=O)O)cn1. The summed E-state index contributed by atoms with van der Waals surface area (Å²) in [5.41, 5.74) is -0.288. The number of nitrogens with zero attached hydrogens (tertiary/aromatic N) is 3. The van der Waals surface area contributed by atoms with Gasteiger partial charge in [0.05, 0.1) is 23.7 Å². The maximum atomic E-state index is 13.3. The predicted octanol–water partition coefficient (Wildman–Crippen LogP) is 3.79. The molecule has 1 aromatic heterocycles. The lowest BCUT2D eigenvalue weighted by Gasteiger charge is -2.36. The van der Waals surface area contributed by atoms with Crippen LogP contribution in [0.15, 0.2) is 36.7 Å². The third-order valence-electron chi connectivity index (χ3n) is 5.08. The largest absolute Gasteiger partial charge is 0.476 e. The van der Waals surface area contributed by atoms with Crippen LogP contribution in [0.4, 0.5) is 13.2 Å². The molecular formula is C19H20F3N3O2. The average molecular weight is 379 g/mol. The maximum Gasteiger partial charge on any atom is 0.416 e. The number of benzene rings is 1. The molecule has 144 valence electrons. The van der Waals surface area contributed by atoms with Gasteiger partial charge in [0.2, 0.25) is 0 Å². The third-order valence-corrected chi connectivity index (χ3v) is 5.08. The number of aromatic nitrogens is 2. The number of alkyl halides is 3. The van der Waals surface area contributed by atoms with Crippen molar-refractivity contribution < 1.29 is 23.1 Å². The van der Waals surface area contributed by atoms with E-state index in [2.05, 4.69) is 14.9 Å². The van der Waals surface area contributed by atoms with Crippen LogP contribution in [0.25, 0.3) is 0 Å². The molecular weight excluding hydrogens is 359 g/mol. The van der Waals surface area contributed by atoms with E-state index >= 15 is 0 Å². The van der Waals surface area contributed by atoms with Crippen molar-refractivity contribution in [1.82, 2.24) is 14.9 Å². The molecule has 8 heteroatoms. The molecule has 0 amide bonds. The minimum atomic E-state index is -4.38. The predicted molar refractivity (Wildman–Crippen MR) is 92.2 cm³/mol. The number of carboxylic acids is 1. The molecule has 3 rings (SSSR count). The molecule has 1 fully saturated rings. The van der Waals surface area contributed by atoms with E-state index in [-0.39, 0.29) is 17.7 Å². The summed E-state index contributed by atoms with van der Waals surface area (Å²) in [6.07, 6.45) is 0.166. The monoisotopic (exact) mass is 379 g/mol. The van der Waals surface area contributed by atoms with Gasteiger partial charge in [-0.1, -0.05) is 18.2 Å². The first-order chi connectivity index (χ1) is 12.7. The molecule has 2 heterocycles. The van der Waals surface area contributed by atoms with E-state index in [1.54, 1.807) is 6.07 Å². The number of halogens is 3. The second-order valence-corrected chi connectivity index (χ2v) is 7.05. The number of rotatable bonds is 5. The lowest BCUT2D eigenvalue weighted by molar-refractivity contribution is -0.138. The fraction of sp³-hybridized carbons (Fsp3) is 0.421. The minimum absolute atomic E-state index is 0.137. The Bertz CT molecular complexity index is 824. The fourth-order valence-corrected chi connectivity index (χ4v) is 3.65. The van der Waals surface area contributed by atoms with Crippen LogP contribution in [-0.2, 0) is 19.1 Å². The Morgan fingerprint density at radius 3 is 2.63 bits per heavy atom. The van der Waals surface area contributed by atoms with E-state index in [0.717, 1.165) is 25.5 Å². The van der Waals surface area contributed by atoms with Crippen LogP contribution in [0.3, 0.4) is 0 Å². The van der Waals surface area contributed by atoms with Gasteiger partial charge in [-0.05, 0) is 44.4 Å². The highest BCUT2D eigenvalue weighted by Gasteiger charge is 2.40. The van der Waals surface area contributed by atoms with E-state index in [1.165, 1.54) is 24.5 Å². The Morgan fingerprint density at radius 1 is 1.26 bits per heavy atom. The molecule has 1 saturated heterocycles. The molecule has 5 nitrogen and oxygen atoms in total. The molecule has 1 N–H and O–H groups in total. The van der Waals surface area contributed by atoms with E-state index < -0.39 is 23.2 Å². The van der Waals surface area contributed by atoms with Crippen LogP contribution in [0.5, 0.6) is 0 Å². The van der Waals surface area contributed by atoms with Crippen molar-refractivity contribution in [2.24, 2.45) is 0 Å². The Balaban J connectivity index is 1.80. The fourth-order valence-electron chi connectivity index (χ4n) is 3.65. The van der Waals surface area contributed by atoms with Crippen LogP contribution < -0.4 is 0 Å². The maximum absolute atomic E-state index is 13.3. The van der Waals surface area contributed by atoms with E-state index in [4.69, 9.17) is 5.11 Å². The second kappa shape index (κ2) is 7.26. The van der Waals surface area contributed by atoms with Gasteiger partial charge in [-0.15, -0.1) is 0 Å². The van der Waals surface area contributed by atoms with Gasteiger partial charge in [-0.2, -0.15) is 13.2 Å². The van der Waals surface area contributed by atoms with E-state index in [1.807, 2.05) is 6.92 Å². The molecule has 1 aliphatic rings. The zero-order chi connectivity index (χ0) is 19.7. The van der Waals surface area contributed by atoms with Gasteiger partial charge < -0.3 is 5.11 Å². The highest BCUT2D eigenvalue weighted by atomic mass is 19.4. The summed E-state index contributed by atoms with van der Waals surface area (Å²) < 4.78 is 39.9. The third kappa shape index (κ3) is 4.27. The van der Waals surface area contributed by atoms with Gasteiger partial charge in [0.1, 0.15) is 0 Å². The zero-order valence-corrected chi connectivity index (χ0v) is 14.8. The van der Waals surface area contributed by atoms with Crippen molar-refractivity contribution >= 4 is 5.97 Å². The standard InChI is InChI=1S/C19H20F3N3O2/c1-18(9-13-5-2-3-6-15(13)19(20,21)22)7-4-8-25(18)12-14-10-24-16(11-23-14)17(26)27/h2-3,5-6,10-11H,4,7-9,12H2,1H3,(H,26,27). The number of carboxylic acid groups (broad SMARTS) is 1. The molecule has 1 atom stereocenters. The van der Waals surface area contributed by atoms with Crippen molar-refractivity contribution in [3.8, 4) is 0 Å². The zero-order valence-electron chi connectivity index (χ0n) is 14.8. The molecule has 0 saturated carbocycles. The topological polar surface area (TPSA) is 66.3 Å². The first-order valence-corrected chi connectivity index (χ1v) is 8.63. The van der Waals surface area contributed by atoms with Crippen LogP contribution in [0, 0.1) is 0 Å². The summed E-state index contributed by atoms with van der Waals surface area (Å²) in [6, 6.07) is 5.68. The summed E-state index contributed by atoms with van der Waals surface area (Å²) >= 11 is 0. The first kappa shape index (κ1) is 19.3. The van der Waals surface area contributed by atoms with Crippen LogP contribution in [0.2, 0.25) is 0 Å². The summed E-state index contributed by atoms with van der Waals surface area (Å²) in [7, 11) is 0. The quantitative estimate of drug-likeness (QED) is 0.856. The van der Waals surface area contributed by atoms with Gasteiger partial charge in [0, 0.05) is 12.1 Å². The highest BCUT2D eigenvalue weighted by molar-refractivity contribution is 5.84. The van der Waals surface area contributed by atoms with E-state index in [9.17, 15) is 18.0 Å². The number of aromatic carboxylic acids is 1. The van der Waals surface area contributed by atoms with Crippen molar-refractivity contribution in [2.45, 2.75) is 44.4 Å². The Hall–Kier alpha value is -2.48. The minimum Gasteiger partial charge on any atom is -0.476 e. The Morgan fingerprint density at radius 2 is 2.00 bits per heavy atom. The summed E-state index contributed by atoms with van der Waals surface area (Å²) in [4.78, 5) is 21.0. The Kier molecular flexibility index (Phi) is 5.19. The van der Waals surface area contributed by atoms with Crippen LogP contribution in [-0.4, -0.2) is 38.0 Å². The van der Waals surface area contributed by atoms with Gasteiger partial charge >= 0.3 is 12.1 Å². The number of carbonyl (C=O) groups is 1. The smallest absolute Gasteiger partial charge is 0.416 e. The van der Waals surface area contributed by atoms with Crippen LogP contribution >= 0.6 is 0 Å². The second-order valence-electron chi connectivity index (χ2n) is 7.05. The molecule has 27 heavy (non-hydrogen) atoms. The van der Waals surface area contributed by atoms with Gasteiger partial charge in [0.25, 0.3) is 0 Å². The summed E-state index contributed by atoms with van der Waals surface area (Å²) in [6.45, 7) is 3.12. The highest BCUT2D eigenvalue weighted by Crippen LogP contribution is 2.38. The van der Waals surface area contributed by atoms with Gasteiger partial charge in [-0.25, -0.2) is 9.78 Å². The van der Waals surface area contributed by atoms with Crippen molar-refractivity contribution in [3.05, 3.63) is 59.2 Å². The number of hydrogen-bond acceptors (Lipinski definition) is 4. The van der Waals surface area contributed by atoms with Crippen molar-refractivity contribution in [2.75, 3.05) is 6.54 Å². The molecule has 0 radical (unpaired) electrons. The molecule has 1 unspecified atom stereocenters. The number of likely N-dealkylation sites (tertiary alicyclic amines) is 1. The molecule has 1 aliphatic heterocycles. The van der Waals surface area contributed by atoms with Crippen molar-refractivity contribution in [3.63, 3.8) is 0 Å². The molecule has 0 spiro atoms. The average Bonchev–Trinajstić information content (AvgIpc) is 2.95. The van der Waals surface area contributed by atoms with Crippen LogP contribution in [0.1, 0.15) is 47.1 Å². The van der Waals surface area contributed by atoms with Gasteiger partial charge in [0.15, 0.2) is 5.69 Å². The normalized spacial score (nSPS) is 20.7. The summed E-state index contributed by atoms with van der Waals surface area (Å²) in [5, 5.41) is 8.89. The van der Waals surface area contributed by atoms with Gasteiger partial charge in [-0.3, -0.25) is 9.88 Å². The molecule has 1 aromatic carbocycles. The lowest BCUT2D eigenvalue weighted by atomic mass is 9.88.